The second kappa shape index (κ2) is 5.62. The van der Waals surface area contributed by atoms with Crippen LogP contribution in [0, 0.1) is 28.6 Å². The van der Waals surface area contributed by atoms with E-state index in [1.807, 2.05) is 19.1 Å². The summed E-state index contributed by atoms with van der Waals surface area (Å²) in [7, 11) is 0. The lowest BCUT2D eigenvalue weighted by Crippen LogP contribution is -2.40. The molecule has 92 valence electrons. The summed E-state index contributed by atoms with van der Waals surface area (Å²) in [4.78, 5) is 22.6. The van der Waals surface area contributed by atoms with E-state index in [1.165, 1.54) is 0 Å². The van der Waals surface area contributed by atoms with Gasteiger partial charge in [-0.1, -0.05) is 19.1 Å². The molecular formula is C13H17NO3. The van der Waals surface area contributed by atoms with Crippen molar-refractivity contribution >= 4 is 12.3 Å². The molecule has 1 aliphatic carbocycles. The van der Waals surface area contributed by atoms with Gasteiger partial charge < -0.3 is 9.53 Å². The van der Waals surface area contributed by atoms with Crippen LogP contribution in [0.2, 0.25) is 0 Å². The summed E-state index contributed by atoms with van der Waals surface area (Å²) in [5.74, 6) is -0.558. The first-order valence-electron chi connectivity index (χ1n) is 5.82. The monoisotopic (exact) mass is 235 g/mol. The maximum Gasteiger partial charge on any atom is 0.330 e. The van der Waals surface area contributed by atoms with Crippen molar-refractivity contribution in [3.8, 4) is 6.07 Å². The number of carbonyl (C=O) groups excluding carboxylic acids is 2. The molecular weight excluding hydrogens is 218 g/mol. The zero-order valence-electron chi connectivity index (χ0n) is 10.2. The van der Waals surface area contributed by atoms with Crippen LogP contribution in [0.25, 0.3) is 0 Å². The molecule has 1 aliphatic rings. The first kappa shape index (κ1) is 13.4. The predicted octanol–water partition coefficient (Wildman–Crippen LogP) is 1.86. The fourth-order valence-electron chi connectivity index (χ4n) is 2.22. The lowest BCUT2D eigenvalue weighted by Gasteiger charge is -2.34. The van der Waals surface area contributed by atoms with Gasteiger partial charge in [-0.3, -0.25) is 0 Å². The molecule has 0 heterocycles. The van der Waals surface area contributed by atoms with Gasteiger partial charge in [-0.05, 0) is 25.2 Å². The Labute approximate surface area is 101 Å². The van der Waals surface area contributed by atoms with Gasteiger partial charge in [0.1, 0.15) is 6.29 Å². The zero-order chi connectivity index (χ0) is 12.9. The van der Waals surface area contributed by atoms with E-state index in [0.717, 1.165) is 6.29 Å². The van der Waals surface area contributed by atoms with Crippen LogP contribution in [0.4, 0.5) is 0 Å². The Morgan fingerprint density at radius 1 is 1.71 bits per heavy atom. The van der Waals surface area contributed by atoms with Crippen LogP contribution in [-0.4, -0.2) is 18.9 Å². The molecule has 0 N–H and O–H groups in total. The highest BCUT2D eigenvalue weighted by Gasteiger charge is 2.47. The third-order valence-corrected chi connectivity index (χ3v) is 3.17. The molecule has 0 bridgehead atoms. The van der Waals surface area contributed by atoms with Gasteiger partial charge in [-0.2, -0.15) is 5.26 Å². The summed E-state index contributed by atoms with van der Waals surface area (Å²) in [6.45, 7) is 3.94. The van der Waals surface area contributed by atoms with Gasteiger partial charge in [0.05, 0.1) is 12.7 Å². The topological polar surface area (TPSA) is 67.2 Å². The Morgan fingerprint density at radius 2 is 2.41 bits per heavy atom. The number of rotatable bonds is 4. The van der Waals surface area contributed by atoms with Crippen LogP contribution in [0.1, 0.15) is 26.7 Å². The van der Waals surface area contributed by atoms with Gasteiger partial charge in [0.15, 0.2) is 5.41 Å². The average molecular weight is 235 g/mol. The van der Waals surface area contributed by atoms with Gasteiger partial charge >= 0.3 is 5.97 Å². The van der Waals surface area contributed by atoms with Crippen LogP contribution >= 0.6 is 0 Å². The fraction of sp³-hybridized carbons (Fsp3) is 0.615. The summed E-state index contributed by atoms with van der Waals surface area (Å²) in [5.41, 5.74) is -1.29. The number of aldehydes is 1. The molecule has 4 heteroatoms. The summed E-state index contributed by atoms with van der Waals surface area (Å²) in [5, 5.41) is 9.30. The van der Waals surface area contributed by atoms with Crippen molar-refractivity contribution in [2.75, 3.05) is 6.61 Å². The molecule has 0 saturated heterocycles. The number of nitrogens with zero attached hydrogens (tertiary/aromatic N) is 1. The Hall–Kier alpha value is -1.63. The molecule has 3 atom stereocenters. The van der Waals surface area contributed by atoms with Crippen molar-refractivity contribution in [2.24, 2.45) is 17.3 Å². The third-order valence-electron chi connectivity index (χ3n) is 3.17. The zero-order valence-corrected chi connectivity index (χ0v) is 10.2. The van der Waals surface area contributed by atoms with Gasteiger partial charge in [0.25, 0.3) is 0 Å². The van der Waals surface area contributed by atoms with E-state index in [9.17, 15) is 14.9 Å². The molecule has 0 saturated carbocycles. The predicted molar refractivity (Wildman–Crippen MR) is 61.8 cm³/mol. The second-order valence-corrected chi connectivity index (χ2v) is 4.37. The normalized spacial score (nSPS) is 31.6. The average Bonchev–Trinajstić information content (AvgIpc) is 2.30. The lowest BCUT2D eigenvalue weighted by atomic mass is 9.67. The summed E-state index contributed by atoms with van der Waals surface area (Å²) < 4.78 is 4.96. The number of allylic oxidation sites excluding steroid dienone is 1. The van der Waals surface area contributed by atoms with Gasteiger partial charge in [0, 0.05) is 6.42 Å². The van der Waals surface area contributed by atoms with Crippen molar-refractivity contribution in [3.63, 3.8) is 0 Å². The molecule has 0 unspecified atom stereocenters. The second-order valence-electron chi connectivity index (χ2n) is 4.37. The largest absolute Gasteiger partial charge is 0.465 e. The number of esters is 1. The molecule has 0 aliphatic heterocycles. The quantitative estimate of drug-likeness (QED) is 0.424. The third kappa shape index (κ3) is 2.55. The highest BCUT2D eigenvalue weighted by Crippen LogP contribution is 2.41. The van der Waals surface area contributed by atoms with E-state index < -0.39 is 11.4 Å². The number of hydrogen-bond acceptors (Lipinski definition) is 4. The first-order chi connectivity index (χ1) is 8.10. The van der Waals surface area contributed by atoms with Crippen molar-refractivity contribution in [1.29, 1.82) is 5.26 Å². The Morgan fingerprint density at radius 3 is 2.94 bits per heavy atom. The minimum absolute atomic E-state index is 0.209. The van der Waals surface area contributed by atoms with Gasteiger partial charge in [-0.25, -0.2) is 4.79 Å². The maximum absolute atomic E-state index is 11.9. The molecule has 0 aromatic heterocycles. The summed E-state index contributed by atoms with van der Waals surface area (Å²) >= 11 is 0. The van der Waals surface area contributed by atoms with Crippen LogP contribution in [-0.2, 0) is 14.3 Å². The van der Waals surface area contributed by atoms with Gasteiger partial charge in [-0.15, -0.1) is 0 Å². The van der Waals surface area contributed by atoms with Crippen LogP contribution in [0.3, 0.4) is 0 Å². The standard InChI is InChI=1S/C13H17NO3/c1-3-17-12(16)13(9-14)6-4-10(2)8-11(13)5-7-15/h4,6-7,10-11H,3,5,8H2,1-2H3/t10-,11-,13-/m1/s1. The lowest BCUT2D eigenvalue weighted by molar-refractivity contribution is -0.152. The number of nitriles is 1. The van der Waals surface area contributed by atoms with E-state index in [4.69, 9.17) is 4.74 Å². The number of ether oxygens (including phenoxy) is 1. The summed E-state index contributed by atoms with van der Waals surface area (Å²) in [6.07, 6.45) is 5.08. The SMILES string of the molecule is CCOC(=O)[C@@]1(C#N)C=C[C@@H](C)C[C@H]1CC=O. The van der Waals surface area contributed by atoms with E-state index in [-0.39, 0.29) is 24.9 Å². The number of carbonyl (C=O) groups is 2. The van der Waals surface area contributed by atoms with Crippen molar-refractivity contribution < 1.29 is 14.3 Å². The minimum Gasteiger partial charge on any atom is -0.465 e. The molecule has 0 spiro atoms. The smallest absolute Gasteiger partial charge is 0.330 e. The maximum atomic E-state index is 11.9. The summed E-state index contributed by atoms with van der Waals surface area (Å²) in [6, 6.07) is 2.04. The van der Waals surface area contributed by atoms with Crippen molar-refractivity contribution in [3.05, 3.63) is 12.2 Å². The van der Waals surface area contributed by atoms with Crippen LogP contribution < -0.4 is 0 Å². The van der Waals surface area contributed by atoms with E-state index in [2.05, 4.69) is 0 Å². The number of hydrogen-bond donors (Lipinski definition) is 0. The van der Waals surface area contributed by atoms with Crippen molar-refractivity contribution in [1.82, 2.24) is 0 Å². The van der Waals surface area contributed by atoms with Gasteiger partial charge in [0.2, 0.25) is 0 Å². The molecule has 0 amide bonds. The van der Waals surface area contributed by atoms with Crippen molar-refractivity contribution in [2.45, 2.75) is 26.7 Å². The van der Waals surface area contributed by atoms with E-state index >= 15 is 0 Å². The highest BCUT2D eigenvalue weighted by molar-refractivity contribution is 5.83. The minimum atomic E-state index is -1.29. The first-order valence-corrected chi connectivity index (χ1v) is 5.82. The molecule has 0 aromatic rings. The van der Waals surface area contributed by atoms with E-state index in [0.29, 0.717) is 6.42 Å². The fourth-order valence-corrected chi connectivity index (χ4v) is 2.22. The Bertz CT molecular complexity index is 369. The van der Waals surface area contributed by atoms with Crippen LogP contribution in [0.15, 0.2) is 12.2 Å². The molecule has 1 rings (SSSR count). The Kier molecular flexibility index (Phi) is 4.45. The molecule has 0 fully saturated rings. The van der Waals surface area contributed by atoms with Crippen LogP contribution in [0.5, 0.6) is 0 Å². The van der Waals surface area contributed by atoms with E-state index in [1.54, 1.807) is 13.0 Å². The highest BCUT2D eigenvalue weighted by atomic mass is 16.5. The Balaban J connectivity index is 3.08. The molecule has 4 nitrogen and oxygen atoms in total. The molecule has 17 heavy (non-hydrogen) atoms. The molecule has 0 radical (unpaired) electrons. The molecule has 0 aromatic carbocycles.